The van der Waals surface area contributed by atoms with Gasteiger partial charge < -0.3 is 0 Å². The molecular weight excluding hydrogens is 634 g/mol. The minimum absolute atomic E-state index is 0.299. The van der Waals surface area contributed by atoms with Crippen molar-refractivity contribution in [2.24, 2.45) is 0 Å². The molecule has 8 rings (SSSR count). The van der Waals surface area contributed by atoms with E-state index < -0.39 is 5.54 Å². The fourth-order valence-electron chi connectivity index (χ4n) is 6.37. The van der Waals surface area contributed by atoms with Gasteiger partial charge in [0.05, 0.1) is 15.9 Å². The van der Waals surface area contributed by atoms with Crippen LogP contribution in [-0.2, 0) is 5.54 Å². The van der Waals surface area contributed by atoms with Crippen molar-refractivity contribution < 1.29 is 4.39 Å². The van der Waals surface area contributed by atoms with Gasteiger partial charge in [0.2, 0.25) is 0 Å². The first kappa shape index (κ1) is 29.9. The van der Waals surface area contributed by atoms with E-state index >= 15 is 0 Å². The number of hydrogen-bond acceptors (Lipinski definition) is 6. The first-order chi connectivity index (χ1) is 23.6. The van der Waals surface area contributed by atoms with Crippen molar-refractivity contribution in [3.63, 3.8) is 0 Å². The Morgan fingerprint density at radius 3 is 1.85 bits per heavy atom. The molecule has 0 bridgehead atoms. The SMILES string of the molecule is CSc1cnc(-c2ncnc3ccc(-c4cn(C(c5ccccc5)(c5ccccc5)c5ccccc5)nc4-c4ccc(F)cc4)cc23)s1. The molecule has 0 amide bonds. The van der Waals surface area contributed by atoms with E-state index in [4.69, 9.17) is 5.10 Å². The number of fused-ring (bicyclic) bond motifs is 1. The second-order valence-corrected chi connectivity index (χ2v) is 13.4. The molecule has 0 aliphatic carbocycles. The molecule has 3 aromatic heterocycles. The highest BCUT2D eigenvalue weighted by atomic mass is 32.2. The zero-order valence-electron chi connectivity index (χ0n) is 25.9. The van der Waals surface area contributed by atoms with E-state index in [9.17, 15) is 4.39 Å². The molecule has 5 nitrogen and oxygen atoms in total. The van der Waals surface area contributed by atoms with Crippen LogP contribution in [0.15, 0.2) is 156 Å². The van der Waals surface area contributed by atoms with E-state index in [0.717, 1.165) is 64.9 Å². The summed E-state index contributed by atoms with van der Waals surface area (Å²) < 4.78 is 17.4. The number of aromatic nitrogens is 5. The predicted molar refractivity (Wildman–Crippen MR) is 194 cm³/mol. The van der Waals surface area contributed by atoms with E-state index in [1.807, 2.05) is 36.7 Å². The first-order valence-corrected chi connectivity index (χ1v) is 17.5. The summed E-state index contributed by atoms with van der Waals surface area (Å²) in [6.07, 6.45) is 7.64. The maximum absolute atomic E-state index is 14.2. The zero-order valence-corrected chi connectivity index (χ0v) is 27.5. The third-order valence-corrected chi connectivity index (χ3v) is 10.6. The van der Waals surface area contributed by atoms with Crippen molar-refractivity contribution >= 4 is 34.0 Å². The van der Waals surface area contributed by atoms with E-state index in [0.29, 0.717) is 0 Å². The first-order valence-electron chi connectivity index (χ1n) is 15.4. The van der Waals surface area contributed by atoms with Crippen molar-refractivity contribution in [3.05, 3.63) is 175 Å². The number of benzene rings is 5. The summed E-state index contributed by atoms with van der Waals surface area (Å²) in [6.45, 7) is 0. The third kappa shape index (κ3) is 5.19. The van der Waals surface area contributed by atoms with Gasteiger partial charge in [-0.1, -0.05) is 97.1 Å². The van der Waals surface area contributed by atoms with Gasteiger partial charge >= 0.3 is 0 Å². The van der Waals surface area contributed by atoms with Crippen LogP contribution in [0.2, 0.25) is 0 Å². The van der Waals surface area contributed by atoms with Gasteiger partial charge in [-0.15, -0.1) is 23.1 Å². The van der Waals surface area contributed by atoms with Crippen LogP contribution in [0.25, 0.3) is 44.0 Å². The Balaban J connectivity index is 1.43. The summed E-state index contributed by atoms with van der Waals surface area (Å²) in [5, 5.41) is 7.15. The molecule has 0 atom stereocenters. The van der Waals surface area contributed by atoms with Gasteiger partial charge in [0, 0.05) is 22.7 Å². The van der Waals surface area contributed by atoms with Crippen LogP contribution in [0.5, 0.6) is 0 Å². The fourth-order valence-corrected chi connectivity index (χ4v) is 7.76. The standard InChI is InChI=1S/C40H28FN5S2/c1-47-36-24-42-39(48-36)38-33-23-28(19-22-35(33)43-26-44-38)34-25-46(45-37(34)27-17-20-32(41)21-18-27)40(29-11-5-2-6-12-29,30-13-7-3-8-14-30)31-15-9-4-10-16-31/h2-26H,1H3. The van der Waals surface area contributed by atoms with Crippen LogP contribution < -0.4 is 0 Å². The molecule has 0 saturated carbocycles. The van der Waals surface area contributed by atoms with E-state index in [-0.39, 0.29) is 5.82 Å². The van der Waals surface area contributed by atoms with Gasteiger partial charge in [0.15, 0.2) is 0 Å². The number of halogens is 1. The van der Waals surface area contributed by atoms with Gasteiger partial charge in [-0.05, 0) is 64.9 Å². The van der Waals surface area contributed by atoms with Gasteiger partial charge in [-0.3, -0.25) is 4.68 Å². The molecule has 3 heterocycles. The highest BCUT2D eigenvalue weighted by Gasteiger charge is 2.40. The number of thioether (sulfide) groups is 1. The summed E-state index contributed by atoms with van der Waals surface area (Å²) in [4.78, 5) is 13.9. The fraction of sp³-hybridized carbons (Fsp3) is 0.0500. The normalized spacial score (nSPS) is 11.6. The van der Waals surface area contributed by atoms with Crippen LogP contribution in [-0.4, -0.2) is 31.0 Å². The molecule has 0 saturated heterocycles. The molecule has 8 aromatic rings. The number of hydrogen-bond donors (Lipinski definition) is 0. The molecule has 0 fully saturated rings. The van der Waals surface area contributed by atoms with Crippen molar-refractivity contribution in [1.82, 2.24) is 24.7 Å². The summed E-state index contributed by atoms with van der Waals surface area (Å²) >= 11 is 3.28. The quantitative estimate of drug-likeness (QED) is 0.120. The van der Waals surface area contributed by atoms with Crippen LogP contribution in [0.3, 0.4) is 0 Å². The molecule has 48 heavy (non-hydrogen) atoms. The average Bonchev–Trinajstić information content (AvgIpc) is 3.82. The number of rotatable bonds is 8. The molecule has 8 heteroatoms. The number of nitrogens with zero attached hydrogens (tertiary/aromatic N) is 5. The van der Waals surface area contributed by atoms with E-state index in [2.05, 4.69) is 111 Å². The lowest BCUT2D eigenvalue weighted by atomic mass is 9.77. The Labute approximate surface area is 285 Å². The zero-order chi connectivity index (χ0) is 32.5. The lowest BCUT2D eigenvalue weighted by molar-refractivity contribution is 0.461. The Kier molecular flexibility index (Phi) is 7.88. The Morgan fingerprint density at radius 2 is 1.27 bits per heavy atom. The van der Waals surface area contributed by atoms with Crippen molar-refractivity contribution in [2.45, 2.75) is 9.75 Å². The molecule has 232 valence electrons. The van der Waals surface area contributed by atoms with Gasteiger partial charge in [-0.25, -0.2) is 19.3 Å². The van der Waals surface area contributed by atoms with Crippen molar-refractivity contribution in [2.75, 3.05) is 6.26 Å². The van der Waals surface area contributed by atoms with Crippen LogP contribution in [0, 0.1) is 5.82 Å². The molecule has 0 aliphatic heterocycles. The second-order valence-electron chi connectivity index (χ2n) is 11.3. The van der Waals surface area contributed by atoms with Crippen molar-refractivity contribution in [1.29, 1.82) is 0 Å². The second kappa shape index (κ2) is 12.6. The lowest BCUT2D eigenvalue weighted by Gasteiger charge is -2.36. The summed E-state index contributed by atoms with van der Waals surface area (Å²) in [5.41, 5.74) is 7.35. The van der Waals surface area contributed by atoms with Gasteiger partial charge in [0.1, 0.15) is 34.1 Å². The Morgan fingerprint density at radius 1 is 0.667 bits per heavy atom. The largest absolute Gasteiger partial charge is 0.252 e. The molecule has 0 spiro atoms. The minimum Gasteiger partial charge on any atom is -0.252 e. The van der Waals surface area contributed by atoms with Crippen molar-refractivity contribution in [3.8, 4) is 33.1 Å². The topological polar surface area (TPSA) is 56.5 Å². The summed E-state index contributed by atoms with van der Waals surface area (Å²) in [7, 11) is 0. The molecule has 0 N–H and O–H groups in total. The van der Waals surface area contributed by atoms with Crippen LogP contribution >= 0.6 is 23.1 Å². The minimum atomic E-state index is -0.822. The maximum Gasteiger partial charge on any atom is 0.143 e. The molecule has 0 radical (unpaired) electrons. The Bertz CT molecular complexity index is 2240. The summed E-state index contributed by atoms with van der Waals surface area (Å²) in [5.74, 6) is -0.299. The molecular formula is C40H28FN5S2. The van der Waals surface area contributed by atoms with E-state index in [1.54, 1.807) is 41.6 Å². The predicted octanol–water partition coefficient (Wildman–Crippen LogP) is 9.98. The highest BCUT2D eigenvalue weighted by Crippen LogP contribution is 2.44. The third-order valence-electron chi connectivity index (χ3n) is 8.58. The smallest absolute Gasteiger partial charge is 0.143 e. The van der Waals surface area contributed by atoms with Gasteiger partial charge in [0.25, 0.3) is 0 Å². The Hall–Kier alpha value is -5.44. The lowest BCUT2D eigenvalue weighted by Crippen LogP contribution is -2.38. The monoisotopic (exact) mass is 661 g/mol. The molecule has 5 aromatic carbocycles. The van der Waals surface area contributed by atoms with Gasteiger partial charge in [-0.2, -0.15) is 5.10 Å². The maximum atomic E-state index is 14.2. The molecule has 0 aliphatic rings. The number of thiazole rings is 1. The van der Waals surface area contributed by atoms with Crippen LogP contribution in [0.1, 0.15) is 16.7 Å². The average molecular weight is 662 g/mol. The van der Waals surface area contributed by atoms with Crippen LogP contribution in [0.4, 0.5) is 4.39 Å². The highest BCUT2D eigenvalue weighted by molar-refractivity contribution is 8.00. The van der Waals surface area contributed by atoms with E-state index in [1.165, 1.54) is 12.1 Å². The summed E-state index contributed by atoms with van der Waals surface area (Å²) in [6, 6.07) is 44.1. The molecule has 0 unspecified atom stereocenters.